The van der Waals surface area contributed by atoms with Gasteiger partial charge in [0, 0.05) is 0 Å². The van der Waals surface area contributed by atoms with Gasteiger partial charge < -0.3 is 0 Å². The van der Waals surface area contributed by atoms with Crippen molar-refractivity contribution < 1.29 is 0 Å². The quantitative estimate of drug-likeness (QED) is 0.102. The number of allylic oxidation sites excluding steroid dienone is 2. The van der Waals surface area contributed by atoms with E-state index >= 15 is 0 Å². The molecule has 0 saturated heterocycles. The minimum Gasteiger partial charge on any atom is -0.0885 e. The van der Waals surface area contributed by atoms with Crippen LogP contribution in [0.15, 0.2) is 12.2 Å². The van der Waals surface area contributed by atoms with Gasteiger partial charge in [0.25, 0.3) is 0 Å². The normalized spacial score (nSPS) is 12.8. The van der Waals surface area contributed by atoms with Crippen LogP contribution in [0.1, 0.15) is 175 Å². The van der Waals surface area contributed by atoms with E-state index in [1.54, 1.807) is 0 Å². The average Bonchev–Trinajstić information content (AvgIpc) is 2.75. The summed E-state index contributed by atoms with van der Waals surface area (Å²) < 4.78 is 0. The number of unbranched alkanes of at least 4 members (excludes halogenated alkanes) is 20. The molecule has 1 unspecified atom stereocenters. The summed E-state index contributed by atoms with van der Waals surface area (Å²) in [6, 6.07) is 0. The number of hydrogen-bond donors (Lipinski definition) is 0. The van der Waals surface area contributed by atoms with E-state index in [2.05, 4.69) is 32.9 Å². The fourth-order valence-corrected chi connectivity index (χ4v) is 4.47. The molecular weight excluding hydrogens is 360 g/mol. The molecular formula is C30H60. The molecule has 0 aliphatic carbocycles. The second-order valence-corrected chi connectivity index (χ2v) is 10.1. The largest absolute Gasteiger partial charge is 0.0885 e. The minimum absolute atomic E-state index is 0.883. The summed E-state index contributed by atoms with van der Waals surface area (Å²) in [5.41, 5.74) is 0. The monoisotopic (exact) mass is 420 g/mol. The van der Waals surface area contributed by atoms with Crippen LogP contribution in [0.5, 0.6) is 0 Å². The molecule has 0 rings (SSSR count). The van der Waals surface area contributed by atoms with Crippen molar-refractivity contribution in [2.45, 2.75) is 175 Å². The van der Waals surface area contributed by atoms with Crippen molar-refractivity contribution in [3.8, 4) is 0 Å². The Hall–Kier alpha value is -0.260. The molecule has 0 aliphatic heterocycles. The predicted molar refractivity (Wildman–Crippen MR) is 140 cm³/mol. The van der Waals surface area contributed by atoms with E-state index in [0.717, 1.165) is 5.92 Å². The molecule has 0 aromatic rings. The summed E-state index contributed by atoms with van der Waals surface area (Å²) >= 11 is 0. The Morgan fingerprint density at radius 3 is 1.23 bits per heavy atom. The Labute approximate surface area is 193 Å². The molecule has 0 radical (unpaired) electrons. The molecule has 0 spiro atoms. The van der Waals surface area contributed by atoms with E-state index in [-0.39, 0.29) is 0 Å². The van der Waals surface area contributed by atoms with E-state index in [9.17, 15) is 0 Å². The van der Waals surface area contributed by atoms with Crippen LogP contribution in [0.25, 0.3) is 0 Å². The zero-order valence-corrected chi connectivity index (χ0v) is 21.7. The highest BCUT2D eigenvalue weighted by atomic mass is 14.1. The smallest absolute Gasteiger partial charge is 0.0325 e. The molecule has 0 heteroatoms. The van der Waals surface area contributed by atoms with Crippen LogP contribution in [0.3, 0.4) is 0 Å². The molecule has 0 aliphatic rings. The third-order valence-corrected chi connectivity index (χ3v) is 6.73. The van der Waals surface area contributed by atoms with Gasteiger partial charge in [-0.2, -0.15) is 0 Å². The topological polar surface area (TPSA) is 0 Å². The molecule has 0 fully saturated rings. The summed E-state index contributed by atoms with van der Waals surface area (Å²) in [6.45, 7) is 7.03. The molecule has 0 aromatic carbocycles. The molecule has 0 bridgehead atoms. The molecule has 30 heavy (non-hydrogen) atoms. The van der Waals surface area contributed by atoms with Gasteiger partial charge in [0.1, 0.15) is 0 Å². The van der Waals surface area contributed by atoms with Crippen LogP contribution in [-0.4, -0.2) is 0 Å². The third-order valence-electron chi connectivity index (χ3n) is 6.73. The van der Waals surface area contributed by atoms with Crippen molar-refractivity contribution in [2.75, 3.05) is 0 Å². The summed E-state index contributed by atoms with van der Waals surface area (Å²) in [5, 5.41) is 0. The van der Waals surface area contributed by atoms with Crippen molar-refractivity contribution in [1.82, 2.24) is 0 Å². The Morgan fingerprint density at radius 2 is 0.800 bits per heavy atom. The van der Waals surface area contributed by atoms with Crippen molar-refractivity contribution in [2.24, 2.45) is 5.92 Å². The van der Waals surface area contributed by atoms with E-state index in [1.807, 2.05) is 0 Å². The number of rotatable bonds is 25. The fraction of sp³-hybridized carbons (Fsp3) is 0.933. The molecule has 0 aromatic heterocycles. The first-order valence-electron chi connectivity index (χ1n) is 14.5. The summed E-state index contributed by atoms with van der Waals surface area (Å²) in [7, 11) is 0. The molecule has 0 nitrogen and oxygen atoms in total. The zero-order chi connectivity index (χ0) is 22.0. The van der Waals surface area contributed by atoms with Gasteiger partial charge in [0.05, 0.1) is 0 Å². The van der Waals surface area contributed by atoms with Gasteiger partial charge in [0.2, 0.25) is 0 Å². The van der Waals surface area contributed by atoms with Gasteiger partial charge in [-0.3, -0.25) is 0 Å². The highest BCUT2D eigenvalue weighted by Gasteiger charge is 2.00. The van der Waals surface area contributed by atoms with Gasteiger partial charge in [-0.05, 0) is 25.2 Å². The standard InChI is InChI=1S/C30H60/c1-4-6-8-10-12-13-14-15-16-17-18-19-20-21-23-25-27-29-30(3)28-26-24-22-11-9-7-5-2/h24,26,30H,4-23,25,27-29H2,1-3H3. The molecule has 180 valence electrons. The molecule has 0 amide bonds. The highest BCUT2D eigenvalue weighted by molar-refractivity contribution is 4.83. The van der Waals surface area contributed by atoms with Crippen molar-refractivity contribution >= 4 is 0 Å². The first-order chi connectivity index (χ1) is 14.8. The second kappa shape index (κ2) is 26.8. The van der Waals surface area contributed by atoms with Gasteiger partial charge in [-0.25, -0.2) is 0 Å². The van der Waals surface area contributed by atoms with Crippen LogP contribution < -0.4 is 0 Å². The van der Waals surface area contributed by atoms with Crippen LogP contribution in [0, 0.1) is 5.92 Å². The lowest BCUT2D eigenvalue weighted by Gasteiger charge is -2.08. The molecule has 0 N–H and O–H groups in total. The lowest BCUT2D eigenvalue weighted by Crippen LogP contribution is -1.92. The van der Waals surface area contributed by atoms with E-state index in [1.165, 1.54) is 154 Å². The van der Waals surface area contributed by atoms with E-state index in [4.69, 9.17) is 0 Å². The maximum Gasteiger partial charge on any atom is -0.0325 e. The summed E-state index contributed by atoms with van der Waals surface area (Å²) in [5.74, 6) is 0.883. The van der Waals surface area contributed by atoms with E-state index in [0.29, 0.717) is 0 Å². The Balaban J connectivity index is 3.15. The van der Waals surface area contributed by atoms with Crippen molar-refractivity contribution in [3.05, 3.63) is 12.2 Å². The van der Waals surface area contributed by atoms with Gasteiger partial charge >= 0.3 is 0 Å². The highest BCUT2D eigenvalue weighted by Crippen LogP contribution is 2.17. The average molecular weight is 421 g/mol. The van der Waals surface area contributed by atoms with Crippen molar-refractivity contribution in [3.63, 3.8) is 0 Å². The zero-order valence-electron chi connectivity index (χ0n) is 21.7. The van der Waals surface area contributed by atoms with Crippen LogP contribution in [0.4, 0.5) is 0 Å². The van der Waals surface area contributed by atoms with Crippen LogP contribution in [-0.2, 0) is 0 Å². The van der Waals surface area contributed by atoms with E-state index < -0.39 is 0 Å². The summed E-state index contributed by atoms with van der Waals surface area (Å²) in [6.07, 6.45) is 39.4. The molecule has 0 heterocycles. The maximum absolute atomic E-state index is 2.45. The van der Waals surface area contributed by atoms with Gasteiger partial charge in [-0.15, -0.1) is 0 Å². The minimum atomic E-state index is 0.883. The van der Waals surface area contributed by atoms with Gasteiger partial charge in [0.15, 0.2) is 0 Å². The van der Waals surface area contributed by atoms with Gasteiger partial charge in [-0.1, -0.05) is 168 Å². The Morgan fingerprint density at radius 1 is 0.433 bits per heavy atom. The first kappa shape index (κ1) is 29.7. The predicted octanol–water partition coefficient (Wildman–Crippen LogP) is 11.6. The Bertz CT molecular complexity index is 316. The van der Waals surface area contributed by atoms with Crippen molar-refractivity contribution in [1.29, 1.82) is 0 Å². The fourth-order valence-electron chi connectivity index (χ4n) is 4.47. The SMILES string of the molecule is CCCCCCC=CCC(C)CCCCCCCCCCCCCCCCCCC. The third kappa shape index (κ3) is 25.8. The second-order valence-electron chi connectivity index (χ2n) is 10.1. The molecule has 0 saturated carbocycles. The van der Waals surface area contributed by atoms with Crippen LogP contribution in [0.2, 0.25) is 0 Å². The maximum atomic E-state index is 2.45. The van der Waals surface area contributed by atoms with Crippen LogP contribution >= 0.6 is 0 Å². The summed E-state index contributed by atoms with van der Waals surface area (Å²) in [4.78, 5) is 0. The molecule has 1 atom stereocenters. The first-order valence-corrected chi connectivity index (χ1v) is 14.5. The number of hydrogen-bond acceptors (Lipinski definition) is 0. The Kier molecular flexibility index (Phi) is 26.5. The lowest BCUT2D eigenvalue weighted by molar-refractivity contribution is 0.481. The lowest BCUT2D eigenvalue weighted by atomic mass is 9.98.